The lowest BCUT2D eigenvalue weighted by molar-refractivity contribution is -0.145. The van der Waals surface area contributed by atoms with Crippen LogP contribution in [0.1, 0.15) is 92.4 Å². The molecule has 48 heavy (non-hydrogen) atoms. The minimum atomic E-state index is -5.06. The normalized spacial score (nSPS) is 17.2. The lowest BCUT2D eigenvalue weighted by atomic mass is 9.78. The monoisotopic (exact) mass is 680 g/mol. The number of nitrogens with one attached hydrogen (secondary N) is 1. The zero-order chi connectivity index (χ0) is 35.6. The number of anilines is 1. The zero-order valence-corrected chi connectivity index (χ0v) is 27.5. The van der Waals surface area contributed by atoms with E-state index in [0.717, 1.165) is 31.4 Å². The molecule has 2 aromatic carbocycles. The SMILES string of the molecule is CCOC(=O)CC1CCC(c2cc(-c3ccc(F)cc3C)c(NCC(=O)C(C)(C)c3cc(C(F)(F)F)cc(C(F)(F)F)c3)c(C)n2)CC1. The van der Waals surface area contributed by atoms with Crippen molar-refractivity contribution in [1.82, 2.24) is 4.98 Å². The molecule has 0 aliphatic heterocycles. The van der Waals surface area contributed by atoms with Crippen LogP contribution in [0.4, 0.5) is 36.4 Å². The molecule has 0 radical (unpaired) electrons. The molecule has 1 aliphatic rings. The minimum Gasteiger partial charge on any atom is -0.466 e. The van der Waals surface area contributed by atoms with Crippen molar-refractivity contribution < 1.29 is 45.1 Å². The third-order valence-corrected chi connectivity index (χ3v) is 9.16. The largest absolute Gasteiger partial charge is 0.466 e. The molecule has 0 unspecified atom stereocenters. The number of halogens is 7. The van der Waals surface area contributed by atoms with Gasteiger partial charge in [-0.25, -0.2) is 4.39 Å². The van der Waals surface area contributed by atoms with E-state index in [-0.39, 0.29) is 23.9 Å². The molecule has 1 heterocycles. The Hall–Kier alpha value is -3.96. The molecule has 1 aromatic heterocycles. The first-order valence-corrected chi connectivity index (χ1v) is 15.8. The fourth-order valence-corrected chi connectivity index (χ4v) is 6.26. The molecule has 0 amide bonds. The van der Waals surface area contributed by atoms with E-state index in [0.29, 0.717) is 53.2 Å². The molecular weight excluding hydrogens is 641 g/mol. The van der Waals surface area contributed by atoms with E-state index in [4.69, 9.17) is 9.72 Å². The van der Waals surface area contributed by atoms with Gasteiger partial charge in [0.25, 0.3) is 0 Å². The van der Waals surface area contributed by atoms with Crippen LogP contribution in [0.3, 0.4) is 0 Å². The highest BCUT2D eigenvalue weighted by molar-refractivity contribution is 5.94. The van der Waals surface area contributed by atoms with Crippen LogP contribution in [-0.2, 0) is 32.1 Å². The zero-order valence-electron chi connectivity index (χ0n) is 27.5. The molecular formula is C36H39F7N2O3. The number of hydrogen-bond donors (Lipinski definition) is 1. The van der Waals surface area contributed by atoms with Crippen LogP contribution in [0.2, 0.25) is 0 Å². The standard InChI is InChI=1S/C36H39F7N2O3/c1-6-48-32(47)14-22-7-9-23(10-8-22)30-18-29(28-12-11-27(37)13-20(28)2)33(21(3)45-30)44-19-31(46)34(4,5)24-15-25(35(38,39)40)17-26(16-24)36(41,42)43/h11-13,15-18,22-23,44H,6-10,14,19H2,1-5H3. The Kier molecular flexibility index (Phi) is 11.0. The lowest BCUT2D eigenvalue weighted by Crippen LogP contribution is -2.35. The van der Waals surface area contributed by atoms with Crippen molar-refractivity contribution in [3.8, 4) is 11.1 Å². The third-order valence-electron chi connectivity index (χ3n) is 9.16. The third kappa shape index (κ3) is 8.54. The van der Waals surface area contributed by atoms with Gasteiger partial charge in [-0.2, -0.15) is 26.3 Å². The van der Waals surface area contributed by atoms with Crippen LogP contribution < -0.4 is 5.32 Å². The van der Waals surface area contributed by atoms with Gasteiger partial charge in [0.15, 0.2) is 5.78 Å². The summed E-state index contributed by atoms with van der Waals surface area (Å²) in [7, 11) is 0. The van der Waals surface area contributed by atoms with Crippen molar-refractivity contribution in [2.75, 3.05) is 18.5 Å². The molecule has 1 aliphatic carbocycles. The second-order valence-electron chi connectivity index (χ2n) is 12.9. The molecule has 0 saturated heterocycles. The van der Waals surface area contributed by atoms with Gasteiger partial charge in [0.1, 0.15) is 5.82 Å². The van der Waals surface area contributed by atoms with Crippen LogP contribution in [0.5, 0.6) is 0 Å². The number of pyridine rings is 1. The van der Waals surface area contributed by atoms with Crippen LogP contribution in [0.25, 0.3) is 11.1 Å². The molecule has 12 heteroatoms. The van der Waals surface area contributed by atoms with Crippen molar-refractivity contribution in [2.45, 2.75) is 90.4 Å². The number of nitrogens with zero attached hydrogens (tertiary/aromatic N) is 1. The summed E-state index contributed by atoms with van der Waals surface area (Å²) in [5.41, 5.74) is -1.49. The number of carbonyl (C=O) groups is 2. The van der Waals surface area contributed by atoms with Crippen molar-refractivity contribution in [3.05, 3.63) is 81.9 Å². The molecule has 1 saturated carbocycles. The van der Waals surface area contributed by atoms with E-state index < -0.39 is 52.6 Å². The first-order valence-electron chi connectivity index (χ1n) is 15.8. The van der Waals surface area contributed by atoms with Crippen molar-refractivity contribution in [1.29, 1.82) is 0 Å². The number of carbonyl (C=O) groups excluding carboxylic acids is 2. The number of aryl methyl sites for hydroxylation is 2. The second kappa shape index (κ2) is 14.3. The van der Waals surface area contributed by atoms with E-state index in [1.54, 1.807) is 26.8 Å². The number of Topliss-reactive ketones (excluding diaryl/α,β-unsaturated/α-hetero) is 1. The van der Waals surface area contributed by atoms with Crippen LogP contribution in [0.15, 0.2) is 42.5 Å². The van der Waals surface area contributed by atoms with Gasteiger partial charge in [-0.3, -0.25) is 14.6 Å². The number of alkyl halides is 6. The van der Waals surface area contributed by atoms with Gasteiger partial charge in [0.2, 0.25) is 0 Å². The average Bonchev–Trinajstić information content (AvgIpc) is 2.99. The predicted octanol–water partition coefficient (Wildman–Crippen LogP) is 9.73. The highest BCUT2D eigenvalue weighted by atomic mass is 19.4. The number of benzene rings is 2. The maximum atomic E-state index is 14.1. The minimum absolute atomic E-state index is 0.0308. The highest BCUT2D eigenvalue weighted by Crippen LogP contribution is 2.42. The smallest absolute Gasteiger partial charge is 0.416 e. The summed E-state index contributed by atoms with van der Waals surface area (Å²) in [6.45, 7) is 7.70. The summed E-state index contributed by atoms with van der Waals surface area (Å²) in [4.78, 5) is 30.4. The van der Waals surface area contributed by atoms with E-state index >= 15 is 0 Å². The number of aromatic nitrogens is 1. The molecule has 1 fully saturated rings. The topological polar surface area (TPSA) is 68.3 Å². The van der Waals surface area contributed by atoms with E-state index in [1.807, 2.05) is 6.07 Å². The van der Waals surface area contributed by atoms with Crippen molar-refractivity contribution in [3.63, 3.8) is 0 Å². The van der Waals surface area contributed by atoms with Gasteiger partial charge in [0, 0.05) is 23.6 Å². The number of esters is 1. The van der Waals surface area contributed by atoms with Gasteiger partial charge >= 0.3 is 18.3 Å². The summed E-state index contributed by atoms with van der Waals surface area (Å²) < 4.78 is 101. The maximum Gasteiger partial charge on any atom is 0.416 e. The molecule has 4 rings (SSSR count). The Morgan fingerprint density at radius 2 is 1.44 bits per heavy atom. The summed E-state index contributed by atoms with van der Waals surface area (Å²) in [5.74, 6) is -1.02. The van der Waals surface area contributed by atoms with Gasteiger partial charge in [0.05, 0.1) is 41.1 Å². The first kappa shape index (κ1) is 36.9. The molecule has 3 aromatic rings. The summed E-state index contributed by atoms with van der Waals surface area (Å²) >= 11 is 0. The van der Waals surface area contributed by atoms with E-state index in [9.17, 15) is 40.3 Å². The summed E-state index contributed by atoms with van der Waals surface area (Å²) in [6, 6.07) is 7.34. The lowest BCUT2D eigenvalue weighted by Gasteiger charge is -2.29. The van der Waals surface area contributed by atoms with E-state index in [1.165, 1.54) is 26.0 Å². The first-order chi connectivity index (χ1) is 22.3. The summed E-state index contributed by atoms with van der Waals surface area (Å²) in [5, 5.41) is 3.06. The Balaban J connectivity index is 1.65. The molecule has 0 bridgehead atoms. The fourth-order valence-electron chi connectivity index (χ4n) is 6.26. The molecule has 5 nitrogen and oxygen atoms in total. The molecule has 1 N–H and O–H groups in total. The van der Waals surface area contributed by atoms with Gasteiger partial charge in [-0.05, 0) is 119 Å². The van der Waals surface area contributed by atoms with Crippen molar-refractivity contribution >= 4 is 17.4 Å². The van der Waals surface area contributed by atoms with Crippen molar-refractivity contribution in [2.24, 2.45) is 5.92 Å². The fraction of sp³-hybridized carbons (Fsp3) is 0.472. The Labute approximate surface area is 275 Å². The Bertz CT molecular complexity index is 1620. The highest BCUT2D eigenvalue weighted by Gasteiger charge is 2.40. The van der Waals surface area contributed by atoms with Gasteiger partial charge in [-0.15, -0.1) is 0 Å². The van der Waals surface area contributed by atoms with Gasteiger partial charge in [-0.1, -0.05) is 6.07 Å². The predicted molar refractivity (Wildman–Crippen MR) is 168 cm³/mol. The average molecular weight is 681 g/mol. The maximum absolute atomic E-state index is 14.1. The second-order valence-corrected chi connectivity index (χ2v) is 12.9. The Morgan fingerprint density at radius 3 is 1.98 bits per heavy atom. The number of ether oxygens (including phenoxy) is 1. The van der Waals surface area contributed by atoms with Crippen LogP contribution in [0, 0.1) is 25.6 Å². The van der Waals surface area contributed by atoms with Crippen LogP contribution >= 0.6 is 0 Å². The van der Waals surface area contributed by atoms with Crippen LogP contribution in [-0.4, -0.2) is 29.9 Å². The Morgan fingerprint density at radius 1 is 0.854 bits per heavy atom. The molecule has 260 valence electrons. The van der Waals surface area contributed by atoms with E-state index in [2.05, 4.69) is 5.32 Å². The number of hydrogen-bond acceptors (Lipinski definition) is 5. The molecule has 0 spiro atoms. The summed E-state index contributed by atoms with van der Waals surface area (Å²) in [6.07, 6.45) is -6.56. The number of rotatable bonds is 10. The number of ketones is 1. The quantitative estimate of drug-likeness (QED) is 0.171. The van der Waals surface area contributed by atoms with Gasteiger partial charge < -0.3 is 10.1 Å². The molecule has 0 atom stereocenters.